The fraction of sp³-hybridized carbons (Fsp3) is 0.355. The van der Waals surface area contributed by atoms with E-state index in [0.717, 1.165) is 36.8 Å². The van der Waals surface area contributed by atoms with Crippen LogP contribution in [0.1, 0.15) is 67.7 Å². The van der Waals surface area contributed by atoms with Crippen LogP contribution in [0, 0.1) is 19.7 Å². The quantitative estimate of drug-likeness (QED) is 0.348. The number of benzene rings is 2. The second kappa shape index (κ2) is 13.1. The fourth-order valence-electron chi connectivity index (χ4n) is 4.89. The average Bonchev–Trinajstić information content (AvgIpc) is 3.43. The van der Waals surface area contributed by atoms with E-state index in [2.05, 4.69) is 15.6 Å². The van der Waals surface area contributed by atoms with Crippen molar-refractivity contribution < 1.29 is 18.8 Å². The monoisotopic (exact) mass is 530 g/mol. The van der Waals surface area contributed by atoms with Crippen LogP contribution in [0.5, 0.6) is 0 Å². The number of amides is 3. The number of halogens is 1. The number of anilines is 2. The van der Waals surface area contributed by atoms with Gasteiger partial charge in [-0.3, -0.25) is 19.3 Å². The molecule has 1 aromatic heterocycles. The van der Waals surface area contributed by atoms with Crippen LogP contribution in [0.4, 0.5) is 15.9 Å². The number of carbonyl (C=O) groups is 3. The number of nitrogens with zero attached hydrogens (tertiary/aromatic N) is 2. The molecule has 4 rings (SSSR count). The molecule has 2 aromatic carbocycles. The van der Waals surface area contributed by atoms with Gasteiger partial charge in [-0.25, -0.2) is 9.37 Å². The standard InChI is InChI=1S/C31H35FN4O3/c1-21-13-18-26(20-22(21)2)36(29(38)12-7-11-28(37)35-27-10-5-6-19-33-27)30(23-14-16-24(32)17-15-23)31(39)34-25-8-3-4-9-25/h5-6,10,13-20,25,30H,3-4,7-9,11-12H2,1-2H3,(H,34,39)(H,33,35,37). The van der Waals surface area contributed by atoms with E-state index in [4.69, 9.17) is 0 Å². The van der Waals surface area contributed by atoms with Gasteiger partial charge < -0.3 is 10.6 Å². The first-order valence-electron chi connectivity index (χ1n) is 13.5. The first-order chi connectivity index (χ1) is 18.8. The summed E-state index contributed by atoms with van der Waals surface area (Å²) in [6.45, 7) is 3.94. The Bertz CT molecular complexity index is 1290. The topological polar surface area (TPSA) is 91.4 Å². The van der Waals surface area contributed by atoms with Crippen LogP contribution < -0.4 is 15.5 Å². The molecule has 2 N–H and O–H groups in total. The lowest BCUT2D eigenvalue weighted by molar-refractivity contribution is -0.127. The summed E-state index contributed by atoms with van der Waals surface area (Å²) in [5.74, 6) is -0.803. The predicted molar refractivity (Wildman–Crippen MR) is 150 cm³/mol. The Morgan fingerprint density at radius 3 is 2.38 bits per heavy atom. The number of aryl methyl sites for hydroxylation is 2. The number of pyridine rings is 1. The van der Waals surface area contributed by atoms with E-state index < -0.39 is 11.9 Å². The van der Waals surface area contributed by atoms with E-state index in [-0.39, 0.29) is 36.6 Å². The van der Waals surface area contributed by atoms with E-state index in [9.17, 15) is 18.8 Å². The summed E-state index contributed by atoms with van der Waals surface area (Å²) in [7, 11) is 0. The van der Waals surface area contributed by atoms with E-state index in [0.29, 0.717) is 23.5 Å². The third-order valence-corrected chi connectivity index (χ3v) is 7.16. The van der Waals surface area contributed by atoms with Crippen LogP contribution in [-0.2, 0) is 14.4 Å². The molecule has 1 saturated carbocycles. The molecule has 0 bridgehead atoms. The van der Waals surface area contributed by atoms with Crippen LogP contribution in [0.25, 0.3) is 0 Å². The lowest BCUT2D eigenvalue weighted by Crippen LogP contribution is -2.46. The number of hydrogen-bond donors (Lipinski definition) is 2. The van der Waals surface area contributed by atoms with Crippen LogP contribution in [0.3, 0.4) is 0 Å². The van der Waals surface area contributed by atoms with Gasteiger partial charge in [0.2, 0.25) is 17.7 Å². The summed E-state index contributed by atoms with van der Waals surface area (Å²) in [5.41, 5.74) is 3.14. The van der Waals surface area contributed by atoms with Gasteiger partial charge in [0, 0.05) is 30.8 Å². The molecule has 0 spiro atoms. The summed E-state index contributed by atoms with van der Waals surface area (Å²) in [6.07, 6.45) is 5.94. The highest BCUT2D eigenvalue weighted by atomic mass is 19.1. The van der Waals surface area contributed by atoms with E-state index in [1.165, 1.54) is 17.0 Å². The van der Waals surface area contributed by atoms with Crippen LogP contribution in [0.15, 0.2) is 66.9 Å². The van der Waals surface area contributed by atoms with Crippen molar-refractivity contribution in [1.82, 2.24) is 10.3 Å². The predicted octanol–water partition coefficient (Wildman–Crippen LogP) is 5.78. The molecule has 1 heterocycles. The van der Waals surface area contributed by atoms with E-state index >= 15 is 0 Å². The van der Waals surface area contributed by atoms with Gasteiger partial charge in [0.1, 0.15) is 17.7 Å². The number of aromatic nitrogens is 1. The zero-order valence-electron chi connectivity index (χ0n) is 22.5. The van der Waals surface area contributed by atoms with Gasteiger partial charge in [0.05, 0.1) is 0 Å². The van der Waals surface area contributed by atoms with Gasteiger partial charge in [-0.2, -0.15) is 0 Å². The van der Waals surface area contributed by atoms with Crippen LogP contribution in [0.2, 0.25) is 0 Å². The molecular formula is C31H35FN4O3. The first-order valence-corrected chi connectivity index (χ1v) is 13.5. The Balaban J connectivity index is 1.59. The minimum Gasteiger partial charge on any atom is -0.351 e. The average molecular weight is 531 g/mol. The van der Waals surface area contributed by atoms with Gasteiger partial charge in [-0.15, -0.1) is 0 Å². The molecule has 1 aliphatic rings. The van der Waals surface area contributed by atoms with Crippen molar-refractivity contribution in [3.05, 3.63) is 89.4 Å². The third-order valence-electron chi connectivity index (χ3n) is 7.16. The van der Waals surface area contributed by atoms with E-state index in [1.807, 2.05) is 32.0 Å². The summed E-state index contributed by atoms with van der Waals surface area (Å²) in [6, 6.07) is 15.6. The Morgan fingerprint density at radius 1 is 0.974 bits per heavy atom. The molecule has 0 saturated heterocycles. The normalized spacial score (nSPS) is 14.0. The van der Waals surface area contributed by atoms with Crippen molar-refractivity contribution >= 4 is 29.2 Å². The van der Waals surface area contributed by atoms with Crippen molar-refractivity contribution in [3.8, 4) is 0 Å². The van der Waals surface area contributed by atoms with Crippen LogP contribution >= 0.6 is 0 Å². The second-order valence-corrected chi connectivity index (χ2v) is 10.1. The maximum Gasteiger partial charge on any atom is 0.248 e. The van der Waals surface area contributed by atoms with Crippen molar-refractivity contribution in [1.29, 1.82) is 0 Å². The third kappa shape index (κ3) is 7.50. The molecule has 1 fully saturated rings. The van der Waals surface area contributed by atoms with Gasteiger partial charge in [-0.1, -0.05) is 37.1 Å². The number of carbonyl (C=O) groups excluding carboxylic acids is 3. The molecule has 39 heavy (non-hydrogen) atoms. The highest BCUT2D eigenvalue weighted by molar-refractivity contribution is 6.01. The molecular weight excluding hydrogens is 495 g/mol. The molecule has 0 radical (unpaired) electrons. The molecule has 1 atom stereocenters. The van der Waals surface area contributed by atoms with Crippen molar-refractivity contribution in [3.63, 3.8) is 0 Å². The molecule has 7 nitrogen and oxygen atoms in total. The highest BCUT2D eigenvalue weighted by Crippen LogP contribution is 2.31. The van der Waals surface area contributed by atoms with Crippen LogP contribution in [-0.4, -0.2) is 28.7 Å². The zero-order chi connectivity index (χ0) is 27.8. The molecule has 3 aromatic rings. The Morgan fingerprint density at radius 2 is 1.72 bits per heavy atom. The lowest BCUT2D eigenvalue weighted by Gasteiger charge is -2.33. The minimum absolute atomic E-state index is 0.0486. The minimum atomic E-state index is -0.983. The molecule has 3 amide bonds. The SMILES string of the molecule is Cc1ccc(N(C(=O)CCCC(=O)Nc2ccccn2)C(C(=O)NC2CCCC2)c2ccc(F)cc2)cc1C. The smallest absolute Gasteiger partial charge is 0.248 e. The maximum absolute atomic E-state index is 13.8. The lowest BCUT2D eigenvalue weighted by atomic mass is 10.00. The largest absolute Gasteiger partial charge is 0.351 e. The van der Waals surface area contributed by atoms with Gasteiger partial charge in [-0.05, 0) is 86.2 Å². The van der Waals surface area contributed by atoms with Crippen molar-refractivity contribution in [2.75, 3.05) is 10.2 Å². The number of rotatable bonds is 10. The molecule has 1 aliphatic carbocycles. The van der Waals surface area contributed by atoms with Gasteiger partial charge in [0.25, 0.3) is 0 Å². The summed E-state index contributed by atoms with van der Waals surface area (Å²) in [5, 5.41) is 5.86. The summed E-state index contributed by atoms with van der Waals surface area (Å²) in [4.78, 5) is 45.6. The van der Waals surface area contributed by atoms with Crippen molar-refractivity contribution in [2.24, 2.45) is 0 Å². The summed E-state index contributed by atoms with van der Waals surface area (Å²) < 4.78 is 13.8. The molecule has 0 aliphatic heterocycles. The Kier molecular flexibility index (Phi) is 9.41. The van der Waals surface area contributed by atoms with Gasteiger partial charge in [0.15, 0.2) is 0 Å². The maximum atomic E-state index is 13.8. The molecule has 1 unspecified atom stereocenters. The molecule has 204 valence electrons. The fourth-order valence-corrected chi connectivity index (χ4v) is 4.89. The van der Waals surface area contributed by atoms with Gasteiger partial charge >= 0.3 is 0 Å². The van der Waals surface area contributed by atoms with Crippen molar-refractivity contribution in [2.45, 2.75) is 70.9 Å². The summed E-state index contributed by atoms with van der Waals surface area (Å²) >= 11 is 0. The Hall–Kier alpha value is -4.07. The second-order valence-electron chi connectivity index (χ2n) is 10.1. The highest BCUT2D eigenvalue weighted by Gasteiger charge is 2.34. The van der Waals surface area contributed by atoms with E-state index in [1.54, 1.807) is 36.5 Å². The number of hydrogen-bond acceptors (Lipinski definition) is 4. The molecule has 8 heteroatoms. The Labute approximate surface area is 228 Å². The first kappa shape index (κ1) is 28.0. The number of nitrogens with one attached hydrogen (secondary N) is 2. The zero-order valence-corrected chi connectivity index (χ0v) is 22.5.